The van der Waals surface area contributed by atoms with E-state index in [1.165, 1.54) is 29.3 Å². The molecule has 0 N–H and O–H groups in total. The Kier molecular flexibility index (Phi) is 6.07. The van der Waals surface area contributed by atoms with Gasteiger partial charge in [-0.05, 0) is 37.1 Å². The van der Waals surface area contributed by atoms with Crippen molar-refractivity contribution >= 4 is 10.0 Å². The topological polar surface area (TPSA) is 95.7 Å². The fourth-order valence-electron chi connectivity index (χ4n) is 4.06. The average Bonchev–Trinajstić information content (AvgIpc) is 3.13. The molecular weight excluding hydrogens is 432 g/mol. The molecule has 9 nitrogen and oxygen atoms in total. The third kappa shape index (κ3) is 3.91. The molecule has 0 radical (unpaired) electrons. The van der Waals surface area contributed by atoms with Crippen molar-refractivity contribution in [3.8, 4) is 17.2 Å². The number of benzene rings is 2. The van der Waals surface area contributed by atoms with Crippen LogP contribution in [-0.4, -0.2) is 54.4 Å². The second-order valence-electron chi connectivity index (χ2n) is 7.65. The van der Waals surface area contributed by atoms with Gasteiger partial charge in [-0.1, -0.05) is 18.2 Å². The number of hydrogen-bond acceptors (Lipinski definition) is 6. The second-order valence-corrected chi connectivity index (χ2v) is 9.56. The summed E-state index contributed by atoms with van der Waals surface area (Å²) in [6.07, 6.45) is 1.38. The number of aryl methyl sites for hydroxylation is 1. The molecule has 0 bridgehead atoms. The van der Waals surface area contributed by atoms with Gasteiger partial charge in [0.2, 0.25) is 10.0 Å². The summed E-state index contributed by atoms with van der Waals surface area (Å²) in [5, 5.41) is 4.46. The molecular formula is C22H26N4O5S. The highest BCUT2D eigenvalue weighted by Gasteiger charge is 2.35. The number of sulfonamides is 1. The molecule has 0 saturated carbocycles. The molecule has 10 heteroatoms. The summed E-state index contributed by atoms with van der Waals surface area (Å²) in [4.78, 5) is 12.8. The number of nitrogens with zero attached hydrogens (tertiary/aromatic N) is 4. The van der Waals surface area contributed by atoms with Crippen LogP contribution >= 0.6 is 0 Å². The Morgan fingerprint density at radius 1 is 1.06 bits per heavy atom. The Morgan fingerprint density at radius 2 is 1.81 bits per heavy atom. The Hall–Kier alpha value is -3.11. The number of aromatic nitrogens is 3. The molecule has 32 heavy (non-hydrogen) atoms. The van der Waals surface area contributed by atoms with Crippen molar-refractivity contribution in [2.24, 2.45) is 7.05 Å². The van der Waals surface area contributed by atoms with E-state index in [2.05, 4.69) is 5.10 Å². The van der Waals surface area contributed by atoms with Crippen LogP contribution in [0.1, 0.15) is 24.6 Å². The maximum absolute atomic E-state index is 13.5. The van der Waals surface area contributed by atoms with Crippen LogP contribution in [0.25, 0.3) is 5.69 Å². The van der Waals surface area contributed by atoms with Crippen LogP contribution in [0.5, 0.6) is 11.5 Å². The number of methoxy groups -OCH3 is 2. The lowest BCUT2D eigenvalue weighted by molar-refractivity contribution is 0.305. The Morgan fingerprint density at radius 3 is 2.50 bits per heavy atom. The van der Waals surface area contributed by atoms with Crippen LogP contribution in [0, 0.1) is 0 Å². The van der Waals surface area contributed by atoms with Crippen LogP contribution in [0.2, 0.25) is 0 Å². The summed E-state index contributed by atoms with van der Waals surface area (Å²) in [7, 11) is 0.670. The van der Waals surface area contributed by atoms with Gasteiger partial charge < -0.3 is 9.47 Å². The van der Waals surface area contributed by atoms with E-state index in [1.54, 1.807) is 23.7 Å². The van der Waals surface area contributed by atoms with Gasteiger partial charge in [-0.2, -0.15) is 9.40 Å². The van der Waals surface area contributed by atoms with Crippen molar-refractivity contribution in [1.82, 2.24) is 18.7 Å². The third-order valence-corrected chi connectivity index (χ3v) is 7.59. The fraction of sp³-hybridized carbons (Fsp3) is 0.364. The molecule has 170 valence electrons. The first kappa shape index (κ1) is 22.1. The van der Waals surface area contributed by atoms with Crippen LogP contribution in [0.3, 0.4) is 0 Å². The maximum Gasteiger partial charge on any atom is 0.350 e. The largest absolute Gasteiger partial charge is 0.497 e. The van der Waals surface area contributed by atoms with Gasteiger partial charge in [0.15, 0.2) is 0 Å². The van der Waals surface area contributed by atoms with Gasteiger partial charge in [0.25, 0.3) is 0 Å². The maximum atomic E-state index is 13.5. The van der Waals surface area contributed by atoms with E-state index < -0.39 is 10.0 Å². The van der Waals surface area contributed by atoms with E-state index in [-0.39, 0.29) is 28.8 Å². The van der Waals surface area contributed by atoms with Crippen LogP contribution in [0.4, 0.5) is 0 Å². The summed E-state index contributed by atoms with van der Waals surface area (Å²) < 4.78 is 41.9. The zero-order valence-electron chi connectivity index (χ0n) is 18.3. The molecule has 1 aromatic heterocycles. The molecule has 3 aromatic rings. The van der Waals surface area contributed by atoms with Crippen LogP contribution < -0.4 is 15.2 Å². The predicted octanol–water partition coefficient (Wildman–Crippen LogP) is 2.16. The first-order chi connectivity index (χ1) is 15.4. The van der Waals surface area contributed by atoms with Crippen molar-refractivity contribution < 1.29 is 17.9 Å². The molecule has 0 spiro atoms. The Bertz CT molecular complexity index is 1270. The van der Waals surface area contributed by atoms with Gasteiger partial charge in [0.1, 0.15) is 22.2 Å². The van der Waals surface area contributed by atoms with Crippen molar-refractivity contribution in [2.45, 2.75) is 23.7 Å². The lowest BCUT2D eigenvalue weighted by atomic mass is 9.98. The fourth-order valence-corrected chi connectivity index (χ4v) is 5.76. The zero-order valence-corrected chi connectivity index (χ0v) is 19.1. The minimum atomic E-state index is -3.85. The van der Waals surface area contributed by atoms with Crippen LogP contribution in [-0.2, 0) is 17.1 Å². The molecule has 4 rings (SSSR count). The third-order valence-electron chi connectivity index (χ3n) is 5.70. The van der Waals surface area contributed by atoms with Gasteiger partial charge in [-0.15, -0.1) is 0 Å². The molecule has 0 aliphatic carbocycles. The van der Waals surface area contributed by atoms with Gasteiger partial charge in [-0.3, -0.25) is 0 Å². The lowest BCUT2D eigenvalue weighted by Gasteiger charge is -2.31. The number of rotatable bonds is 6. The van der Waals surface area contributed by atoms with Gasteiger partial charge in [-0.25, -0.2) is 22.5 Å². The Labute approximate surface area is 186 Å². The van der Waals surface area contributed by atoms with Crippen molar-refractivity contribution in [1.29, 1.82) is 0 Å². The number of piperidine rings is 1. The van der Waals surface area contributed by atoms with E-state index in [0.29, 0.717) is 30.2 Å². The minimum absolute atomic E-state index is 0.0569. The first-order valence-electron chi connectivity index (χ1n) is 10.3. The van der Waals surface area contributed by atoms with E-state index in [1.807, 2.05) is 30.3 Å². The normalized spacial score (nSPS) is 17.3. The molecule has 1 unspecified atom stereocenters. The van der Waals surface area contributed by atoms with E-state index in [0.717, 1.165) is 6.42 Å². The summed E-state index contributed by atoms with van der Waals surface area (Å²) in [6, 6.07) is 14.0. The number of para-hydroxylation sites is 1. The molecule has 2 heterocycles. The zero-order chi connectivity index (χ0) is 22.9. The number of hydrogen-bond donors (Lipinski definition) is 0. The van der Waals surface area contributed by atoms with E-state index >= 15 is 0 Å². The van der Waals surface area contributed by atoms with Gasteiger partial charge in [0.05, 0.1) is 19.9 Å². The molecule has 1 fully saturated rings. The second kappa shape index (κ2) is 8.79. The van der Waals surface area contributed by atoms with Gasteiger partial charge in [0, 0.05) is 32.1 Å². The highest BCUT2D eigenvalue weighted by atomic mass is 32.2. The van der Waals surface area contributed by atoms with Crippen molar-refractivity contribution in [2.75, 3.05) is 27.3 Å². The standard InChI is InChI=1S/C22H26N4O5S/c1-24-22(27)26(17-9-5-4-6-10-17)21(23-24)16-8-7-13-25(15-16)32(28,29)20-14-18(30-2)11-12-19(20)31-3/h4-6,9-12,14,16H,7-8,13,15H2,1-3H3. The summed E-state index contributed by atoms with van der Waals surface area (Å²) in [5.74, 6) is 1.01. The highest BCUT2D eigenvalue weighted by Crippen LogP contribution is 2.34. The van der Waals surface area contributed by atoms with E-state index in [4.69, 9.17) is 9.47 Å². The predicted molar refractivity (Wildman–Crippen MR) is 119 cm³/mol. The summed E-state index contributed by atoms with van der Waals surface area (Å²) in [5.41, 5.74) is 0.440. The monoisotopic (exact) mass is 458 g/mol. The molecule has 1 atom stereocenters. The summed E-state index contributed by atoms with van der Waals surface area (Å²) in [6.45, 7) is 0.591. The molecule has 2 aromatic carbocycles. The molecule has 1 aliphatic heterocycles. The lowest BCUT2D eigenvalue weighted by Crippen LogP contribution is -2.40. The Balaban J connectivity index is 1.72. The quantitative estimate of drug-likeness (QED) is 0.562. The van der Waals surface area contributed by atoms with Gasteiger partial charge >= 0.3 is 5.69 Å². The SMILES string of the molecule is COc1ccc(OC)c(S(=O)(=O)N2CCCC(c3nn(C)c(=O)n3-c3ccccc3)C2)c1. The smallest absolute Gasteiger partial charge is 0.350 e. The highest BCUT2D eigenvalue weighted by molar-refractivity contribution is 7.89. The van der Waals surface area contributed by atoms with Crippen molar-refractivity contribution in [3.63, 3.8) is 0 Å². The molecule has 0 amide bonds. The summed E-state index contributed by atoms with van der Waals surface area (Å²) >= 11 is 0. The molecule has 1 saturated heterocycles. The first-order valence-corrected chi connectivity index (χ1v) is 11.7. The van der Waals surface area contributed by atoms with Crippen molar-refractivity contribution in [3.05, 3.63) is 64.8 Å². The molecule has 1 aliphatic rings. The number of ether oxygens (including phenoxy) is 2. The van der Waals surface area contributed by atoms with E-state index in [9.17, 15) is 13.2 Å². The van der Waals surface area contributed by atoms with Crippen LogP contribution in [0.15, 0.2) is 58.2 Å². The minimum Gasteiger partial charge on any atom is -0.497 e. The average molecular weight is 459 g/mol.